The topological polar surface area (TPSA) is 66.8 Å². The van der Waals surface area contributed by atoms with Crippen LogP contribution in [0.15, 0.2) is 59.8 Å². The molecule has 0 bridgehead atoms. The number of benzene rings is 2. The first-order valence-corrected chi connectivity index (χ1v) is 11.8. The summed E-state index contributed by atoms with van der Waals surface area (Å²) in [7, 11) is 0. The Balaban J connectivity index is 1.20. The van der Waals surface area contributed by atoms with Gasteiger partial charge in [-0.15, -0.1) is 10.2 Å². The lowest BCUT2D eigenvalue weighted by Crippen LogP contribution is -2.36. The fourth-order valence-electron chi connectivity index (χ4n) is 4.40. The van der Waals surface area contributed by atoms with E-state index in [-0.39, 0.29) is 5.91 Å². The molecule has 0 spiro atoms. The van der Waals surface area contributed by atoms with Gasteiger partial charge in [-0.05, 0) is 31.0 Å². The third-order valence-electron chi connectivity index (χ3n) is 6.18. The summed E-state index contributed by atoms with van der Waals surface area (Å²) in [5.74, 6) is 2.02. The first kappa shape index (κ1) is 18.7. The molecular weight excluding hydrogens is 406 g/mol. The number of fused-ring (bicyclic) bond motifs is 3. The molecule has 1 aliphatic carbocycles. The first-order valence-electron chi connectivity index (χ1n) is 10.8. The van der Waals surface area contributed by atoms with E-state index in [1.807, 2.05) is 29.2 Å². The van der Waals surface area contributed by atoms with E-state index in [1.54, 1.807) is 0 Å². The maximum Gasteiger partial charge on any atom is 0.233 e. The Bertz CT molecular complexity index is 1260. The summed E-state index contributed by atoms with van der Waals surface area (Å²) in [6, 6.07) is 18.5. The molecule has 0 saturated heterocycles. The van der Waals surface area contributed by atoms with Crippen LogP contribution in [0.25, 0.3) is 16.6 Å². The molecule has 7 heteroatoms. The average molecular weight is 430 g/mol. The number of hydrogen-bond donors (Lipinski definition) is 1. The van der Waals surface area contributed by atoms with Crippen molar-refractivity contribution in [2.24, 2.45) is 0 Å². The Morgan fingerprint density at radius 1 is 1.06 bits per heavy atom. The lowest BCUT2D eigenvalue weighted by atomic mass is 10.0. The van der Waals surface area contributed by atoms with E-state index in [4.69, 9.17) is 0 Å². The maximum absolute atomic E-state index is 13.1. The largest absolute Gasteiger partial charge is 0.358 e. The summed E-state index contributed by atoms with van der Waals surface area (Å²) in [6.07, 6.45) is 3.19. The second-order valence-electron chi connectivity index (χ2n) is 8.27. The van der Waals surface area contributed by atoms with E-state index in [0.29, 0.717) is 18.2 Å². The van der Waals surface area contributed by atoms with Crippen molar-refractivity contribution < 1.29 is 4.79 Å². The number of nitrogens with one attached hydrogen (secondary N) is 1. The summed E-state index contributed by atoms with van der Waals surface area (Å²) >= 11 is 1.49. The summed E-state index contributed by atoms with van der Waals surface area (Å²) in [6.45, 7) is 1.41. The molecule has 2 aromatic heterocycles. The van der Waals surface area contributed by atoms with Crippen molar-refractivity contribution in [1.82, 2.24) is 24.6 Å². The Kier molecular flexibility index (Phi) is 4.56. The minimum Gasteiger partial charge on any atom is -0.358 e. The first-order chi connectivity index (χ1) is 15.3. The Hall–Kier alpha value is -3.06. The highest BCUT2D eigenvalue weighted by Crippen LogP contribution is 2.41. The van der Waals surface area contributed by atoms with Gasteiger partial charge in [0.2, 0.25) is 5.91 Å². The van der Waals surface area contributed by atoms with Gasteiger partial charge in [0.05, 0.1) is 5.75 Å². The highest BCUT2D eigenvalue weighted by Gasteiger charge is 2.31. The van der Waals surface area contributed by atoms with Gasteiger partial charge in [-0.25, -0.2) is 0 Å². The molecule has 1 fully saturated rings. The molecule has 156 valence electrons. The quantitative estimate of drug-likeness (QED) is 0.480. The Morgan fingerprint density at radius 3 is 2.71 bits per heavy atom. The lowest BCUT2D eigenvalue weighted by molar-refractivity contribution is -0.129. The predicted molar refractivity (Wildman–Crippen MR) is 121 cm³/mol. The Morgan fingerprint density at radius 2 is 1.87 bits per heavy atom. The van der Waals surface area contributed by atoms with Crippen LogP contribution in [0.4, 0.5) is 0 Å². The van der Waals surface area contributed by atoms with Crippen LogP contribution in [0.5, 0.6) is 0 Å². The second kappa shape index (κ2) is 7.57. The molecule has 2 aliphatic rings. The average Bonchev–Trinajstić information content (AvgIpc) is 3.47. The zero-order valence-corrected chi connectivity index (χ0v) is 17.9. The summed E-state index contributed by atoms with van der Waals surface area (Å²) in [5, 5.41) is 10.9. The van der Waals surface area contributed by atoms with Crippen LogP contribution in [-0.2, 0) is 17.8 Å². The maximum atomic E-state index is 13.1. The molecule has 6 nitrogen and oxygen atoms in total. The van der Waals surface area contributed by atoms with Crippen molar-refractivity contribution in [2.75, 3.05) is 12.3 Å². The van der Waals surface area contributed by atoms with Crippen LogP contribution in [0.3, 0.4) is 0 Å². The number of thioether (sulfide) groups is 1. The van der Waals surface area contributed by atoms with Gasteiger partial charge < -0.3 is 9.88 Å². The molecule has 4 aromatic rings. The van der Waals surface area contributed by atoms with Gasteiger partial charge in [0.25, 0.3) is 0 Å². The summed E-state index contributed by atoms with van der Waals surface area (Å²) < 4.78 is 2.13. The van der Waals surface area contributed by atoms with Crippen molar-refractivity contribution in [3.05, 3.63) is 71.7 Å². The summed E-state index contributed by atoms with van der Waals surface area (Å²) in [4.78, 5) is 18.6. The predicted octanol–water partition coefficient (Wildman–Crippen LogP) is 4.30. The molecule has 1 N–H and O–H groups in total. The van der Waals surface area contributed by atoms with Gasteiger partial charge in [0, 0.05) is 53.3 Å². The number of aromatic amines is 1. The molecule has 0 radical (unpaired) electrons. The third kappa shape index (κ3) is 3.43. The molecular formula is C24H23N5OS. The van der Waals surface area contributed by atoms with Gasteiger partial charge in [0.1, 0.15) is 5.82 Å². The Labute approximate surface area is 184 Å². The van der Waals surface area contributed by atoms with Crippen molar-refractivity contribution >= 4 is 28.6 Å². The number of H-pyrrole nitrogens is 1. The molecule has 1 aliphatic heterocycles. The minimum absolute atomic E-state index is 0.150. The highest BCUT2D eigenvalue weighted by molar-refractivity contribution is 7.99. The van der Waals surface area contributed by atoms with Crippen molar-refractivity contribution in [3.63, 3.8) is 0 Å². The van der Waals surface area contributed by atoms with Gasteiger partial charge in [-0.1, -0.05) is 48.2 Å². The van der Waals surface area contributed by atoms with E-state index in [0.717, 1.165) is 48.0 Å². The third-order valence-corrected chi connectivity index (χ3v) is 7.09. The number of nitrogens with zero attached hydrogens (tertiary/aromatic N) is 4. The molecule has 31 heavy (non-hydrogen) atoms. The standard InChI is InChI=1S/C24H23N5OS/c30-22(28-13-12-21-19(14-28)18-8-4-5-9-20(18)25-21)15-31-24-27-26-23(16-10-11-16)29(24)17-6-2-1-3-7-17/h1-9,16,25H,10-15H2. The van der Waals surface area contributed by atoms with E-state index in [1.165, 1.54) is 28.4 Å². The SMILES string of the molecule is O=C(CSc1nnc(C2CC2)n1-c1ccccc1)N1CCc2[nH]c3ccccc3c2C1. The second-order valence-corrected chi connectivity index (χ2v) is 9.21. The van der Waals surface area contributed by atoms with E-state index in [9.17, 15) is 4.79 Å². The van der Waals surface area contributed by atoms with Crippen LogP contribution in [0, 0.1) is 0 Å². The number of carbonyl (C=O) groups excluding carboxylic acids is 1. The fraction of sp³-hybridized carbons (Fsp3) is 0.292. The van der Waals surface area contributed by atoms with Gasteiger partial charge >= 0.3 is 0 Å². The number of rotatable bonds is 5. The van der Waals surface area contributed by atoms with Gasteiger partial charge in [-0.2, -0.15) is 0 Å². The van der Waals surface area contributed by atoms with E-state index >= 15 is 0 Å². The van der Waals surface area contributed by atoms with Crippen LogP contribution >= 0.6 is 11.8 Å². The number of para-hydroxylation sites is 2. The minimum atomic E-state index is 0.150. The number of aromatic nitrogens is 4. The van der Waals surface area contributed by atoms with E-state index < -0.39 is 0 Å². The summed E-state index contributed by atoms with van der Waals surface area (Å²) in [5.41, 5.74) is 4.73. The van der Waals surface area contributed by atoms with Crippen LogP contribution in [-0.4, -0.2) is 42.9 Å². The number of hydrogen-bond acceptors (Lipinski definition) is 4. The van der Waals surface area contributed by atoms with Crippen molar-refractivity contribution in [1.29, 1.82) is 0 Å². The zero-order chi connectivity index (χ0) is 20.8. The highest BCUT2D eigenvalue weighted by atomic mass is 32.2. The smallest absolute Gasteiger partial charge is 0.233 e. The van der Waals surface area contributed by atoms with Crippen molar-refractivity contribution in [3.8, 4) is 5.69 Å². The monoisotopic (exact) mass is 429 g/mol. The van der Waals surface area contributed by atoms with E-state index in [2.05, 4.69) is 50.1 Å². The molecule has 0 atom stereocenters. The van der Waals surface area contributed by atoms with Crippen LogP contribution in [0.2, 0.25) is 0 Å². The van der Waals surface area contributed by atoms with Gasteiger partial charge in [-0.3, -0.25) is 9.36 Å². The molecule has 3 heterocycles. The van der Waals surface area contributed by atoms with Crippen LogP contribution < -0.4 is 0 Å². The van der Waals surface area contributed by atoms with Crippen molar-refractivity contribution in [2.45, 2.75) is 36.9 Å². The van der Waals surface area contributed by atoms with Gasteiger partial charge in [0.15, 0.2) is 5.16 Å². The van der Waals surface area contributed by atoms with Crippen LogP contribution in [0.1, 0.15) is 35.8 Å². The fourth-order valence-corrected chi connectivity index (χ4v) is 5.26. The zero-order valence-electron chi connectivity index (χ0n) is 17.1. The molecule has 1 saturated carbocycles. The number of amides is 1. The molecule has 1 amide bonds. The molecule has 2 aromatic carbocycles. The number of carbonyl (C=O) groups is 1. The molecule has 6 rings (SSSR count). The lowest BCUT2D eigenvalue weighted by Gasteiger charge is -2.27. The molecule has 0 unspecified atom stereocenters. The normalized spacial score (nSPS) is 15.9.